The molecule has 14 heavy (non-hydrogen) atoms. The molecule has 1 saturated carbocycles. The van der Waals surface area contributed by atoms with E-state index >= 15 is 0 Å². The monoisotopic (exact) mass is 198 g/mol. The van der Waals surface area contributed by atoms with Crippen LogP contribution < -0.4 is 11.1 Å². The average molecular weight is 198 g/mol. The molecule has 1 saturated heterocycles. The largest absolute Gasteiger partial charge is 0.385 e. The van der Waals surface area contributed by atoms with Crippen LogP contribution in [-0.4, -0.2) is 29.3 Å². The molecule has 1 heterocycles. The van der Waals surface area contributed by atoms with Gasteiger partial charge in [-0.1, -0.05) is 13.8 Å². The predicted molar refractivity (Wildman–Crippen MR) is 56.9 cm³/mol. The molecule has 0 spiro atoms. The lowest BCUT2D eigenvalue weighted by Gasteiger charge is -2.54. The maximum Gasteiger partial charge on any atom is 0.107 e. The molecule has 3 heteroatoms. The third kappa shape index (κ3) is 1.47. The van der Waals surface area contributed by atoms with Crippen molar-refractivity contribution in [2.45, 2.75) is 44.2 Å². The van der Waals surface area contributed by atoms with Crippen LogP contribution in [0.2, 0.25) is 0 Å². The fourth-order valence-electron chi connectivity index (χ4n) is 3.27. The summed E-state index contributed by atoms with van der Waals surface area (Å²) in [5.41, 5.74) is 5.39. The van der Waals surface area contributed by atoms with Crippen molar-refractivity contribution in [3.05, 3.63) is 0 Å². The normalized spacial score (nSPS) is 47.1. The van der Waals surface area contributed by atoms with Gasteiger partial charge in [0.2, 0.25) is 0 Å². The van der Waals surface area contributed by atoms with E-state index in [-0.39, 0.29) is 5.54 Å². The molecular formula is C11H22N2O. The predicted octanol–water partition coefficient (Wildman–Crippen LogP) is 0.474. The van der Waals surface area contributed by atoms with Gasteiger partial charge in [-0.2, -0.15) is 0 Å². The summed E-state index contributed by atoms with van der Waals surface area (Å²) in [6, 6.07) is 0. The van der Waals surface area contributed by atoms with Gasteiger partial charge >= 0.3 is 0 Å². The summed E-state index contributed by atoms with van der Waals surface area (Å²) < 4.78 is 0. The lowest BCUT2D eigenvalue weighted by atomic mass is 9.62. The van der Waals surface area contributed by atoms with Crippen LogP contribution >= 0.6 is 0 Å². The molecule has 0 amide bonds. The molecule has 0 aromatic heterocycles. The van der Waals surface area contributed by atoms with Gasteiger partial charge in [-0.25, -0.2) is 0 Å². The van der Waals surface area contributed by atoms with Crippen LogP contribution in [0.1, 0.15) is 33.1 Å². The summed E-state index contributed by atoms with van der Waals surface area (Å²) in [4.78, 5) is 0. The molecule has 0 aromatic carbocycles. The maximum atomic E-state index is 10.3. The third-order valence-electron chi connectivity index (χ3n) is 3.99. The standard InChI is InChI=1S/C11H22N2O/c1-8-3-9(2)5-10(12,4-8)11(14)6-13-7-11/h8-9,13-14H,3-7,12H2,1-2H3. The first kappa shape index (κ1) is 10.4. The molecular weight excluding hydrogens is 176 g/mol. The molecule has 2 fully saturated rings. The molecule has 2 rings (SSSR count). The molecule has 2 atom stereocenters. The third-order valence-corrected chi connectivity index (χ3v) is 3.99. The van der Waals surface area contributed by atoms with Crippen molar-refractivity contribution in [3.8, 4) is 0 Å². The van der Waals surface area contributed by atoms with Gasteiger partial charge in [0.15, 0.2) is 0 Å². The smallest absolute Gasteiger partial charge is 0.107 e. The van der Waals surface area contributed by atoms with E-state index in [9.17, 15) is 5.11 Å². The molecule has 2 unspecified atom stereocenters. The van der Waals surface area contributed by atoms with Crippen LogP contribution in [0.3, 0.4) is 0 Å². The van der Waals surface area contributed by atoms with Gasteiger partial charge in [0.05, 0.1) is 0 Å². The molecule has 1 aliphatic carbocycles. The molecule has 4 N–H and O–H groups in total. The van der Waals surface area contributed by atoms with Crippen LogP contribution in [0, 0.1) is 11.8 Å². The van der Waals surface area contributed by atoms with Crippen LogP contribution in [0.5, 0.6) is 0 Å². The number of hydrogen-bond donors (Lipinski definition) is 3. The van der Waals surface area contributed by atoms with Gasteiger partial charge in [-0.15, -0.1) is 0 Å². The van der Waals surface area contributed by atoms with Crippen molar-refractivity contribution in [3.63, 3.8) is 0 Å². The average Bonchev–Trinajstić information content (AvgIpc) is 1.97. The lowest BCUT2D eigenvalue weighted by molar-refractivity contribution is -0.101. The number of aliphatic hydroxyl groups is 1. The van der Waals surface area contributed by atoms with Crippen LogP contribution in [0.4, 0.5) is 0 Å². The van der Waals surface area contributed by atoms with E-state index in [1.54, 1.807) is 0 Å². The Morgan fingerprint density at radius 1 is 1.21 bits per heavy atom. The molecule has 82 valence electrons. The first-order valence-electron chi connectivity index (χ1n) is 5.67. The first-order valence-corrected chi connectivity index (χ1v) is 5.67. The highest BCUT2D eigenvalue weighted by Gasteiger charge is 2.53. The Bertz CT molecular complexity index is 215. The van der Waals surface area contributed by atoms with Gasteiger partial charge in [-0.05, 0) is 31.1 Å². The minimum atomic E-state index is -0.643. The van der Waals surface area contributed by atoms with Crippen molar-refractivity contribution in [1.82, 2.24) is 5.32 Å². The van der Waals surface area contributed by atoms with E-state index in [0.29, 0.717) is 24.9 Å². The SMILES string of the molecule is CC1CC(C)CC(N)(C2(O)CNC2)C1. The zero-order valence-corrected chi connectivity index (χ0v) is 9.21. The minimum absolute atomic E-state index is 0.352. The summed E-state index contributed by atoms with van der Waals surface area (Å²) in [6.45, 7) is 5.82. The van der Waals surface area contributed by atoms with Crippen LogP contribution in [0.15, 0.2) is 0 Å². The van der Waals surface area contributed by atoms with Crippen LogP contribution in [-0.2, 0) is 0 Å². The van der Waals surface area contributed by atoms with Crippen molar-refractivity contribution < 1.29 is 5.11 Å². The van der Waals surface area contributed by atoms with Crippen molar-refractivity contribution in [1.29, 1.82) is 0 Å². The first-order chi connectivity index (χ1) is 6.45. The Hall–Kier alpha value is -0.120. The van der Waals surface area contributed by atoms with Crippen molar-refractivity contribution in [2.24, 2.45) is 17.6 Å². The number of nitrogens with two attached hydrogens (primary N) is 1. The summed E-state index contributed by atoms with van der Waals surface area (Å²) in [5.74, 6) is 1.29. The topological polar surface area (TPSA) is 58.3 Å². The number of β-amino-alcohol motifs (C(OH)–C–C–N with tert-alkyl or cyclic N) is 1. The van der Waals surface area contributed by atoms with Gasteiger partial charge < -0.3 is 16.2 Å². The van der Waals surface area contributed by atoms with Gasteiger partial charge in [-0.3, -0.25) is 0 Å². The zero-order chi connectivity index (χ0) is 10.4. The van der Waals surface area contributed by atoms with Crippen molar-refractivity contribution in [2.75, 3.05) is 13.1 Å². The Kier molecular flexibility index (Phi) is 2.37. The molecule has 2 aliphatic rings. The fourth-order valence-corrected chi connectivity index (χ4v) is 3.27. The van der Waals surface area contributed by atoms with Gasteiger partial charge in [0.25, 0.3) is 0 Å². The highest BCUT2D eigenvalue weighted by Crippen LogP contribution is 2.41. The number of hydrogen-bond acceptors (Lipinski definition) is 3. The number of nitrogens with one attached hydrogen (secondary N) is 1. The van der Waals surface area contributed by atoms with E-state index < -0.39 is 5.60 Å². The number of rotatable bonds is 1. The summed E-state index contributed by atoms with van der Waals surface area (Å²) in [7, 11) is 0. The minimum Gasteiger partial charge on any atom is -0.385 e. The van der Waals surface area contributed by atoms with Crippen molar-refractivity contribution >= 4 is 0 Å². The van der Waals surface area contributed by atoms with E-state index in [2.05, 4.69) is 19.2 Å². The lowest BCUT2D eigenvalue weighted by Crippen LogP contribution is -2.76. The Morgan fingerprint density at radius 3 is 2.07 bits per heavy atom. The fraction of sp³-hybridized carbons (Fsp3) is 1.00. The second-order valence-electron chi connectivity index (χ2n) is 5.65. The second-order valence-corrected chi connectivity index (χ2v) is 5.65. The van der Waals surface area contributed by atoms with Gasteiger partial charge in [0, 0.05) is 18.6 Å². The van der Waals surface area contributed by atoms with Gasteiger partial charge in [0.1, 0.15) is 5.60 Å². The quantitative estimate of drug-likeness (QED) is 0.574. The zero-order valence-electron chi connectivity index (χ0n) is 9.21. The summed E-state index contributed by atoms with van der Waals surface area (Å²) in [6.07, 6.45) is 3.19. The van der Waals surface area contributed by atoms with E-state index in [1.165, 1.54) is 6.42 Å². The highest BCUT2D eigenvalue weighted by atomic mass is 16.3. The Labute approximate surface area is 86.1 Å². The van der Waals surface area contributed by atoms with E-state index in [1.807, 2.05) is 0 Å². The van der Waals surface area contributed by atoms with E-state index in [4.69, 9.17) is 5.73 Å². The van der Waals surface area contributed by atoms with E-state index in [0.717, 1.165) is 12.8 Å². The highest BCUT2D eigenvalue weighted by molar-refractivity contribution is 5.13. The summed E-state index contributed by atoms with van der Waals surface area (Å²) >= 11 is 0. The molecule has 0 aromatic rings. The molecule has 3 nitrogen and oxygen atoms in total. The molecule has 1 aliphatic heterocycles. The Balaban J connectivity index is 2.13. The van der Waals surface area contributed by atoms with Crippen LogP contribution in [0.25, 0.3) is 0 Å². The molecule has 0 radical (unpaired) electrons. The Morgan fingerprint density at radius 2 is 1.71 bits per heavy atom. The second kappa shape index (κ2) is 3.19. The maximum absolute atomic E-state index is 10.3. The molecule has 0 bridgehead atoms. The summed E-state index contributed by atoms with van der Waals surface area (Å²) in [5, 5.41) is 13.5.